The number of pyridine rings is 1. The molecule has 0 amide bonds. The van der Waals surface area contributed by atoms with Crippen LogP contribution in [0.5, 0.6) is 0 Å². The molecule has 2 N–H and O–H groups in total. The van der Waals surface area contributed by atoms with E-state index < -0.39 is 0 Å². The summed E-state index contributed by atoms with van der Waals surface area (Å²) in [6, 6.07) is 14.7. The fourth-order valence-corrected chi connectivity index (χ4v) is 2.64. The van der Waals surface area contributed by atoms with Crippen LogP contribution in [0.15, 0.2) is 48.5 Å². The molecule has 6 heteroatoms. The van der Waals surface area contributed by atoms with Crippen molar-refractivity contribution < 1.29 is 4.39 Å². The van der Waals surface area contributed by atoms with Crippen LogP contribution in [0.4, 0.5) is 10.2 Å². The van der Waals surface area contributed by atoms with E-state index in [0.717, 1.165) is 0 Å². The van der Waals surface area contributed by atoms with Crippen molar-refractivity contribution in [3.8, 4) is 28.5 Å². The molecule has 0 fully saturated rings. The first-order valence-corrected chi connectivity index (χ1v) is 7.67. The summed E-state index contributed by atoms with van der Waals surface area (Å²) >= 11 is 12.0. The minimum Gasteiger partial charge on any atom is -0.383 e. The number of nitrogens with two attached hydrogens (primary N) is 1. The van der Waals surface area contributed by atoms with E-state index in [1.165, 1.54) is 12.1 Å². The smallest absolute Gasteiger partial charge is 0.142 e. The zero-order chi connectivity index (χ0) is 17.3. The minimum atomic E-state index is -0.357. The summed E-state index contributed by atoms with van der Waals surface area (Å²) in [5.74, 6) is -0.260. The lowest BCUT2D eigenvalue weighted by atomic mass is 9.98. The first kappa shape index (κ1) is 16.3. The zero-order valence-corrected chi connectivity index (χ0v) is 13.7. The van der Waals surface area contributed by atoms with E-state index in [0.29, 0.717) is 32.4 Å². The number of aromatic nitrogens is 1. The van der Waals surface area contributed by atoms with E-state index >= 15 is 0 Å². The Morgan fingerprint density at radius 3 is 2.25 bits per heavy atom. The average molecular weight is 358 g/mol. The zero-order valence-electron chi connectivity index (χ0n) is 12.2. The summed E-state index contributed by atoms with van der Waals surface area (Å²) in [4.78, 5) is 4.27. The number of anilines is 1. The van der Waals surface area contributed by atoms with E-state index in [4.69, 9.17) is 28.9 Å². The van der Waals surface area contributed by atoms with Gasteiger partial charge in [-0.3, -0.25) is 0 Å². The van der Waals surface area contributed by atoms with Crippen LogP contribution in [0.1, 0.15) is 5.56 Å². The van der Waals surface area contributed by atoms with Crippen molar-refractivity contribution >= 4 is 29.0 Å². The summed E-state index contributed by atoms with van der Waals surface area (Å²) in [6.07, 6.45) is 0. The van der Waals surface area contributed by atoms with Crippen molar-refractivity contribution in [2.24, 2.45) is 0 Å². The second-order valence-corrected chi connectivity index (χ2v) is 5.88. The van der Waals surface area contributed by atoms with E-state index in [9.17, 15) is 9.65 Å². The second kappa shape index (κ2) is 6.48. The number of halogens is 3. The number of rotatable bonds is 2. The van der Waals surface area contributed by atoms with Gasteiger partial charge in [0.25, 0.3) is 0 Å². The van der Waals surface area contributed by atoms with Gasteiger partial charge in [-0.1, -0.05) is 41.4 Å². The van der Waals surface area contributed by atoms with Gasteiger partial charge in [0.05, 0.1) is 15.7 Å². The van der Waals surface area contributed by atoms with Crippen LogP contribution in [-0.2, 0) is 0 Å². The number of hydrogen-bond acceptors (Lipinski definition) is 3. The van der Waals surface area contributed by atoms with E-state index in [1.807, 2.05) is 6.07 Å². The SMILES string of the molecule is N#Cc1c(-c2ccc(F)cc2)cc(-c2ccc(Cl)c(Cl)c2)nc1N. The van der Waals surface area contributed by atoms with Crippen molar-refractivity contribution in [1.29, 1.82) is 5.26 Å². The molecule has 0 atom stereocenters. The van der Waals surface area contributed by atoms with Crippen LogP contribution < -0.4 is 5.73 Å². The lowest BCUT2D eigenvalue weighted by molar-refractivity contribution is 0.628. The fraction of sp³-hybridized carbons (Fsp3) is 0. The molecule has 0 radical (unpaired) electrons. The van der Waals surface area contributed by atoms with Gasteiger partial charge in [0.15, 0.2) is 0 Å². The van der Waals surface area contributed by atoms with Crippen LogP contribution in [0, 0.1) is 17.1 Å². The molecule has 0 saturated heterocycles. The van der Waals surface area contributed by atoms with Crippen LogP contribution in [0.3, 0.4) is 0 Å². The number of nitriles is 1. The topological polar surface area (TPSA) is 62.7 Å². The molecule has 3 rings (SSSR count). The van der Waals surface area contributed by atoms with E-state index in [-0.39, 0.29) is 17.2 Å². The normalized spacial score (nSPS) is 10.4. The van der Waals surface area contributed by atoms with E-state index in [1.54, 1.807) is 36.4 Å². The molecule has 3 aromatic rings. The van der Waals surface area contributed by atoms with Crippen LogP contribution >= 0.6 is 23.2 Å². The molecule has 24 heavy (non-hydrogen) atoms. The Morgan fingerprint density at radius 2 is 1.62 bits per heavy atom. The first-order chi connectivity index (χ1) is 11.5. The van der Waals surface area contributed by atoms with Gasteiger partial charge in [0.2, 0.25) is 0 Å². The average Bonchev–Trinajstić information content (AvgIpc) is 2.57. The molecule has 0 aliphatic carbocycles. The summed E-state index contributed by atoms with van der Waals surface area (Å²) in [6.45, 7) is 0. The fourth-order valence-electron chi connectivity index (χ4n) is 2.34. The highest BCUT2D eigenvalue weighted by Crippen LogP contribution is 2.33. The number of nitrogens with zero attached hydrogens (tertiary/aromatic N) is 2. The highest BCUT2D eigenvalue weighted by atomic mass is 35.5. The largest absolute Gasteiger partial charge is 0.383 e. The van der Waals surface area contributed by atoms with Crippen LogP contribution in [0.25, 0.3) is 22.4 Å². The molecule has 0 spiro atoms. The lowest BCUT2D eigenvalue weighted by Crippen LogP contribution is -1.99. The highest BCUT2D eigenvalue weighted by Gasteiger charge is 2.14. The van der Waals surface area contributed by atoms with Gasteiger partial charge in [-0.2, -0.15) is 5.26 Å². The molecule has 0 aliphatic heterocycles. The molecule has 0 bridgehead atoms. The molecular formula is C18H10Cl2FN3. The summed E-state index contributed by atoms with van der Waals surface area (Å²) in [7, 11) is 0. The third-order valence-corrected chi connectivity index (χ3v) is 4.27. The molecule has 1 heterocycles. The molecule has 1 aromatic heterocycles. The van der Waals surface area contributed by atoms with Crippen molar-refractivity contribution in [3.05, 3.63) is 70.0 Å². The molecule has 0 saturated carbocycles. The predicted molar refractivity (Wildman–Crippen MR) is 94.2 cm³/mol. The summed E-state index contributed by atoms with van der Waals surface area (Å²) in [5, 5.41) is 10.2. The minimum absolute atomic E-state index is 0.0976. The monoisotopic (exact) mass is 357 g/mol. The van der Waals surface area contributed by atoms with Crippen molar-refractivity contribution in [3.63, 3.8) is 0 Å². The first-order valence-electron chi connectivity index (χ1n) is 6.91. The molecule has 2 aromatic carbocycles. The van der Waals surface area contributed by atoms with Gasteiger partial charge < -0.3 is 5.73 Å². The molecule has 0 unspecified atom stereocenters. The third-order valence-electron chi connectivity index (χ3n) is 3.53. The third kappa shape index (κ3) is 3.05. The maximum atomic E-state index is 13.2. The molecule has 118 valence electrons. The molecule has 0 aliphatic rings. The van der Waals surface area contributed by atoms with Gasteiger partial charge in [-0.15, -0.1) is 0 Å². The summed E-state index contributed by atoms with van der Waals surface area (Å²) in [5.41, 5.74) is 8.68. The maximum Gasteiger partial charge on any atom is 0.142 e. The van der Waals surface area contributed by atoms with Gasteiger partial charge in [0, 0.05) is 11.1 Å². The Labute approximate surface area is 148 Å². The van der Waals surface area contributed by atoms with Crippen LogP contribution in [0.2, 0.25) is 10.0 Å². The van der Waals surface area contributed by atoms with Crippen molar-refractivity contribution in [1.82, 2.24) is 4.98 Å². The maximum absolute atomic E-state index is 13.2. The van der Waals surface area contributed by atoms with Crippen LogP contribution in [-0.4, -0.2) is 4.98 Å². The number of benzene rings is 2. The van der Waals surface area contributed by atoms with Gasteiger partial charge in [0.1, 0.15) is 23.3 Å². The van der Waals surface area contributed by atoms with Gasteiger partial charge in [-0.05, 0) is 35.9 Å². The highest BCUT2D eigenvalue weighted by molar-refractivity contribution is 6.42. The molecular weight excluding hydrogens is 348 g/mol. The Morgan fingerprint density at radius 1 is 0.958 bits per heavy atom. The standard InChI is InChI=1S/C18H10Cl2FN3/c19-15-6-3-11(7-16(15)20)17-8-13(14(9-22)18(23)24-17)10-1-4-12(21)5-2-10/h1-8H,(H2,23,24). The molecule has 3 nitrogen and oxygen atoms in total. The summed E-state index contributed by atoms with van der Waals surface area (Å²) < 4.78 is 13.2. The second-order valence-electron chi connectivity index (χ2n) is 5.06. The Bertz CT molecular complexity index is 963. The number of hydrogen-bond donors (Lipinski definition) is 1. The quantitative estimate of drug-likeness (QED) is 0.675. The Kier molecular flexibility index (Phi) is 4.39. The van der Waals surface area contributed by atoms with Crippen molar-refractivity contribution in [2.45, 2.75) is 0 Å². The van der Waals surface area contributed by atoms with Gasteiger partial charge >= 0.3 is 0 Å². The predicted octanol–water partition coefficient (Wildman–Crippen LogP) is 5.32. The van der Waals surface area contributed by atoms with E-state index in [2.05, 4.69) is 4.98 Å². The van der Waals surface area contributed by atoms with Crippen molar-refractivity contribution in [2.75, 3.05) is 5.73 Å². The Balaban J connectivity index is 2.21. The number of nitrogen functional groups attached to an aromatic ring is 1. The van der Waals surface area contributed by atoms with Gasteiger partial charge in [-0.25, -0.2) is 9.37 Å². The Hall–Kier alpha value is -2.61. The lowest BCUT2D eigenvalue weighted by Gasteiger charge is -2.11.